The van der Waals surface area contributed by atoms with E-state index < -0.39 is 22.5 Å². The molecule has 3 aromatic rings. The number of carbonyl (C=O) groups is 2. The molecule has 0 bridgehead atoms. The molecule has 10 heteroatoms. The largest absolute Gasteiger partial charge is 0.493 e. The Hall–Kier alpha value is -4.05. The summed E-state index contributed by atoms with van der Waals surface area (Å²) in [6, 6.07) is 17.1. The van der Waals surface area contributed by atoms with Crippen molar-refractivity contribution in [1.29, 1.82) is 0 Å². The maximum Gasteiger partial charge on any atom is 0.264 e. The molecular formula is C29H33N3O6S. The molecule has 3 aromatic carbocycles. The van der Waals surface area contributed by atoms with Crippen molar-refractivity contribution in [3.05, 3.63) is 77.4 Å². The number of hydrogen-bond donors (Lipinski definition) is 1. The highest BCUT2D eigenvalue weighted by molar-refractivity contribution is 7.92. The molecular weight excluding hydrogens is 518 g/mol. The van der Waals surface area contributed by atoms with Gasteiger partial charge in [0, 0.05) is 31.3 Å². The van der Waals surface area contributed by atoms with E-state index in [1.54, 1.807) is 17.0 Å². The molecule has 0 spiro atoms. The number of rotatable bonds is 10. The lowest BCUT2D eigenvalue weighted by molar-refractivity contribution is -0.120. The first-order valence-corrected chi connectivity index (χ1v) is 14.1. The van der Waals surface area contributed by atoms with E-state index in [4.69, 9.17) is 9.47 Å². The Morgan fingerprint density at radius 2 is 1.69 bits per heavy atom. The quantitative estimate of drug-likeness (QED) is 0.409. The number of carbonyl (C=O) groups excluding carboxylic acids is 2. The number of sulfonamides is 1. The first-order valence-electron chi connectivity index (χ1n) is 12.6. The Kier molecular flexibility index (Phi) is 8.44. The minimum Gasteiger partial charge on any atom is -0.493 e. The van der Waals surface area contributed by atoms with Gasteiger partial charge in [-0.3, -0.25) is 13.9 Å². The molecule has 0 aliphatic carbocycles. The smallest absolute Gasteiger partial charge is 0.264 e. The second-order valence-electron chi connectivity index (χ2n) is 9.47. The molecule has 1 aliphatic heterocycles. The van der Waals surface area contributed by atoms with Gasteiger partial charge in [-0.2, -0.15) is 0 Å². The zero-order chi connectivity index (χ0) is 28.2. The standard InChI is InChI=1S/C29H33N3O6S/c1-20-13-21(2)15-24(14-20)32(39(35,36)25-10-11-26(37-3)27(17-25)38-4)19-28(33)30-18-22-7-5-8-23(16-22)31-12-6-9-29(31)34/h5,7-8,10-11,13-17H,6,9,12,18-19H2,1-4H3,(H,30,33). The molecule has 0 radical (unpaired) electrons. The predicted octanol–water partition coefficient (Wildman–Crippen LogP) is 3.96. The van der Waals surface area contributed by atoms with E-state index >= 15 is 0 Å². The van der Waals surface area contributed by atoms with E-state index in [1.165, 1.54) is 32.4 Å². The zero-order valence-corrected chi connectivity index (χ0v) is 23.4. The Morgan fingerprint density at radius 1 is 0.974 bits per heavy atom. The summed E-state index contributed by atoms with van der Waals surface area (Å²) >= 11 is 0. The van der Waals surface area contributed by atoms with Crippen molar-refractivity contribution in [2.24, 2.45) is 0 Å². The summed E-state index contributed by atoms with van der Waals surface area (Å²) in [4.78, 5) is 27.0. The summed E-state index contributed by atoms with van der Waals surface area (Å²) in [7, 11) is -1.26. The first-order chi connectivity index (χ1) is 18.6. The minimum absolute atomic E-state index is 0.0323. The van der Waals surface area contributed by atoms with Crippen molar-refractivity contribution < 1.29 is 27.5 Å². The van der Waals surface area contributed by atoms with Crippen LogP contribution in [0, 0.1) is 13.8 Å². The average Bonchev–Trinajstić information content (AvgIpc) is 3.35. The number of nitrogens with zero attached hydrogens (tertiary/aromatic N) is 2. The minimum atomic E-state index is -4.15. The number of methoxy groups -OCH3 is 2. The van der Waals surface area contributed by atoms with Crippen LogP contribution >= 0.6 is 0 Å². The van der Waals surface area contributed by atoms with E-state index in [2.05, 4.69) is 5.32 Å². The Balaban J connectivity index is 1.59. The normalized spacial score (nSPS) is 13.3. The average molecular weight is 552 g/mol. The number of hydrogen-bond acceptors (Lipinski definition) is 6. The van der Waals surface area contributed by atoms with Crippen molar-refractivity contribution in [3.63, 3.8) is 0 Å². The molecule has 9 nitrogen and oxygen atoms in total. The molecule has 0 atom stereocenters. The summed E-state index contributed by atoms with van der Waals surface area (Å²) < 4.78 is 39.4. The molecule has 2 amide bonds. The van der Waals surface area contributed by atoms with Gasteiger partial charge in [-0.25, -0.2) is 8.42 Å². The summed E-state index contributed by atoms with van der Waals surface area (Å²) in [6.45, 7) is 4.18. The zero-order valence-electron chi connectivity index (χ0n) is 22.6. The number of aryl methyl sites for hydroxylation is 2. The molecule has 206 valence electrons. The van der Waals surface area contributed by atoms with Gasteiger partial charge in [-0.15, -0.1) is 0 Å². The molecule has 1 N–H and O–H groups in total. The third-order valence-corrected chi connectivity index (χ3v) is 8.28. The molecule has 0 unspecified atom stereocenters. The number of amides is 2. The first kappa shape index (κ1) is 28.0. The van der Waals surface area contributed by atoms with Crippen LogP contribution in [-0.4, -0.2) is 47.5 Å². The van der Waals surface area contributed by atoms with Crippen molar-refractivity contribution in [2.75, 3.05) is 36.5 Å². The maximum atomic E-state index is 13.9. The second kappa shape index (κ2) is 11.8. The fraction of sp³-hybridized carbons (Fsp3) is 0.310. The summed E-state index contributed by atoms with van der Waals surface area (Å²) in [6.07, 6.45) is 1.35. The van der Waals surface area contributed by atoms with E-state index in [1.807, 2.05) is 44.2 Å². The van der Waals surface area contributed by atoms with Gasteiger partial charge < -0.3 is 19.7 Å². The van der Waals surface area contributed by atoms with Gasteiger partial charge in [-0.05, 0) is 73.4 Å². The summed E-state index contributed by atoms with van der Waals surface area (Å²) in [5.74, 6) is 0.270. The molecule has 0 aromatic heterocycles. The maximum absolute atomic E-state index is 13.9. The topological polar surface area (TPSA) is 105 Å². The highest BCUT2D eigenvalue weighted by atomic mass is 32.2. The number of anilines is 2. The van der Waals surface area contributed by atoms with E-state index in [9.17, 15) is 18.0 Å². The highest BCUT2D eigenvalue weighted by Crippen LogP contribution is 2.32. The SMILES string of the molecule is COc1ccc(S(=O)(=O)N(CC(=O)NCc2cccc(N3CCCC3=O)c2)c2cc(C)cc(C)c2)cc1OC. The lowest BCUT2D eigenvalue weighted by atomic mass is 10.1. The van der Waals surface area contributed by atoms with Gasteiger partial charge in [0.1, 0.15) is 6.54 Å². The fourth-order valence-electron chi connectivity index (χ4n) is 4.66. The van der Waals surface area contributed by atoms with Gasteiger partial charge >= 0.3 is 0 Å². The summed E-state index contributed by atoms with van der Waals surface area (Å²) in [5.41, 5.74) is 3.71. The molecule has 39 heavy (non-hydrogen) atoms. The predicted molar refractivity (Wildman–Crippen MR) is 150 cm³/mol. The lowest BCUT2D eigenvalue weighted by Crippen LogP contribution is -2.40. The van der Waals surface area contributed by atoms with Crippen LogP contribution in [0.5, 0.6) is 11.5 Å². The molecule has 1 saturated heterocycles. The van der Waals surface area contributed by atoms with E-state index in [-0.39, 0.29) is 23.1 Å². The van der Waals surface area contributed by atoms with Crippen LogP contribution < -0.4 is 24.0 Å². The van der Waals surface area contributed by atoms with Crippen LogP contribution in [0.4, 0.5) is 11.4 Å². The van der Waals surface area contributed by atoms with E-state index in [0.717, 1.165) is 33.1 Å². The molecule has 4 rings (SSSR count). The van der Waals surface area contributed by atoms with Gasteiger partial charge in [0.05, 0.1) is 24.8 Å². The number of benzene rings is 3. The van der Waals surface area contributed by atoms with Crippen LogP contribution in [-0.2, 0) is 26.2 Å². The second-order valence-corrected chi connectivity index (χ2v) is 11.3. The third-order valence-electron chi connectivity index (χ3n) is 6.51. The Bertz CT molecular complexity index is 1470. The molecule has 1 aliphatic rings. The number of nitrogens with one attached hydrogen (secondary N) is 1. The van der Waals surface area contributed by atoms with Gasteiger partial charge in [0.25, 0.3) is 10.0 Å². The van der Waals surface area contributed by atoms with Crippen LogP contribution in [0.3, 0.4) is 0 Å². The fourth-order valence-corrected chi connectivity index (χ4v) is 6.08. The molecule has 0 saturated carbocycles. The van der Waals surface area contributed by atoms with Gasteiger partial charge in [0.15, 0.2) is 11.5 Å². The number of ether oxygens (including phenoxy) is 2. The van der Waals surface area contributed by atoms with E-state index in [0.29, 0.717) is 24.4 Å². The molecule has 1 heterocycles. The van der Waals surface area contributed by atoms with Crippen molar-refractivity contribution in [3.8, 4) is 11.5 Å². The molecule has 1 fully saturated rings. The Morgan fingerprint density at radius 3 is 2.33 bits per heavy atom. The van der Waals surface area contributed by atoms with Gasteiger partial charge in [0.2, 0.25) is 11.8 Å². The lowest BCUT2D eigenvalue weighted by Gasteiger charge is -2.25. The summed E-state index contributed by atoms with van der Waals surface area (Å²) in [5, 5.41) is 2.83. The third kappa shape index (κ3) is 6.34. The van der Waals surface area contributed by atoms with Crippen molar-refractivity contribution >= 4 is 33.2 Å². The Labute approximate surface area is 229 Å². The van der Waals surface area contributed by atoms with Crippen LogP contribution in [0.2, 0.25) is 0 Å². The van der Waals surface area contributed by atoms with Crippen LogP contribution in [0.15, 0.2) is 65.6 Å². The monoisotopic (exact) mass is 551 g/mol. The highest BCUT2D eigenvalue weighted by Gasteiger charge is 2.29. The van der Waals surface area contributed by atoms with Gasteiger partial charge in [-0.1, -0.05) is 18.2 Å². The van der Waals surface area contributed by atoms with Crippen LogP contribution in [0.1, 0.15) is 29.5 Å². The van der Waals surface area contributed by atoms with Crippen molar-refractivity contribution in [1.82, 2.24) is 5.32 Å². The van der Waals surface area contributed by atoms with Crippen LogP contribution in [0.25, 0.3) is 0 Å². The van der Waals surface area contributed by atoms with Crippen molar-refractivity contribution in [2.45, 2.75) is 38.1 Å².